The summed E-state index contributed by atoms with van der Waals surface area (Å²) in [6.45, 7) is 1.53. The third-order valence-electron chi connectivity index (χ3n) is 4.89. The number of amidine groups is 1. The Morgan fingerprint density at radius 2 is 1.61 bits per heavy atom. The second-order valence-electron chi connectivity index (χ2n) is 7.59. The smallest absolute Gasteiger partial charge is 0.457 e. The van der Waals surface area contributed by atoms with Crippen LogP contribution in [0.3, 0.4) is 0 Å². The molecule has 1 atom stereocenters. The van der Waals surface area contributed by atoms with E-state index in [0.29, 0.717) is 11.1 Å². The number of nitrogen functional groups attached to an aromatic ring is 1. The second-order valence-corrected chi connectivity index (χ2v) is 7.59. The molecule has 38 heavy (non-hydrogen) atoms. The van der Waals surface area contributed by atoms with Crippen molar-refractivity contribution in [3.63, 3.8) is 0 Å². The van der Waals surface area contributed by atoms with Gasteiger partial charge >= 0.3 is 6.36 Å². The molecule has 0 saturated carbocycles. The molecule has 204 valence electrons. The van der Waals surface area contributed by atoms with E-state index in [1.165, 1.54) is 12.1 Å². The number of carbonyl (C=O) groups excluding carboxylic acids is 1. The van der Waals surface area contributed by atoms with Crippen LogP contribution in [0.4, 0.5) is 22.0 Å². The van der Waals surface area contributed by atoms with Crippen LogP contribution in [0, 0.1) is 17.0 Å². The fourth-order valence-corrected chi connectivity index (χ4v) is 3.28. The van der Waals surface area contributed by atoms with E-state index in [4.69, 9.17) is 20.6 Å². The fourth-order valence-electron chi connectivity index (χ4n) is 3.28. The highest BCUT2D eigenvalue weighted by molar-refractivity contribution is 5.94. The first-order valence-electron chi connectivity index (χ1n) is 10.8. The minimum Gasteiger partial charge on any atom is -0.457 e. The minimum absolute atomic E-state index is 0. The summed E-state index contributed by atoms with van der Waals surface area (Å²) in [4.78, 5) is 12.8. The standard InChI is InChI=1S/C25H22F5N3O4.ClH/c1-2-35-22(24(34)33-13-14-6-8-15(9-7-14)23(31)32)21-19(26)11-18(12-20(21)27)36-16-4-3-5-17(10-16)37-25(28,29)30;/h3-12,22H,2,13H2,1H3,(H3,31,32)(H,33,34);1H/t22-;/m0./s1. The van der Waals surface area contributed by atoms with Gasteiger partial charge in [0.1, 0.15) is 34.7 Å². The van der Waals surface area contributed by atoms with Crippen molar-refractivity contribution in [1.82, 2.24) is 5.32 Å². The Morgan fingerprint density at radius 3 is 2.16 bits per heavy atom. The molecule has 0 aliphatic carbocycles. The first-order valence-corrected chi connectivity index (χ1v) is 10.8. The number of carbonyl (C=O) groups is 1. The number of nitrogens with two attached hydrogens (primary N) is 1. The van der Waals surface area contributed by atoms with Gasteiger partial charge in [-0.3, -0.25) is 10.2 Å². The zero-order valence-electron chi connectivity index (χ0n) is 19.8. The van der Waals surface area contributed by atoms with Gasteiger partial charge in [-0.2, -0.15) is 0 Å². The number of benzene rings is 3. The Labute approximate surface area is 220 Å². The number of ether oxygens (including phenoxy) is 3. The van der Waals surface area contributed by atoms with Gasteiger partial charge in [0.2, 0.25) is 0 Å². The van der Waals surface area contributed by atoms with Crippen molar-refractivity contribution >= 4 is 24.1 Å². The van der Waals surface area contributed by atoms with Crippen LogP contribution in [0.25, 0.3) is 0 Å². The van der Waals surface area contributed by atoms with E-state index in [2.05, 4.69) is 10.1 Å². The SMILES string of the molecule is CCO[C@H](C(=O)NCc1ccc(C(=N)N)cc1)c1c(F)cc(Oc2cccc(OC(F)(F)F)c2)cc1F.Cl. The predicted octanol–water partition coefficient (Wildman–Crippen LogP) is 5.76. The Hall–Kier alpha value is -3.90. The Kier molecular flexibility index (Phi) is 10.4. The molecule has 1 amide bonds. The van der Waals surface area contributed by atoms with Crippen molar-refractivity contribution in [2.75, 3.05) is 6.61 Å². The molecule has 7 nitrogen and oxygen atoms in total. The third kappa shape index (κ3) is 8.32. The summed E-state index contributed by atoms with van der Waals surface area (Å²) in [5.41, 5.74) is 5.89. The molecule has 0 spiro atoms. The quantitative estimate of drug-likeness (QED) is 0.166. The van der Waals surface area contributed by atoms with Crippen LogP contribution in [0.2, 0.25) is 0 Å². The lowest BCUT2D eigenvalue weighted by molar-refractivity contribution is -0.274. The Morgan fingerprint density at radius 1 is 1.00 bits per heavy atom. The van der Waals surface area contributed by atoms with Gasteiger partial charge < -0.3 is 25.3 Å². The molecule has 0 fully saturated rings. The molecule has 3 rings (SSSR count). The molecule has 0 saturated heterocycles. The van der Waals surface area contributed by atoms with Crippen LogP contribution in [0.15, 0.2) is 60.7 Å². The van der Waals surface area contributed by atoms with Crippen LogP contribution >= 0.6 is 12.4 Å². The molecular weight excluding hydrogens is 537 g/mol. The van der Waals surface area contributed by atoms with E-state index in [0.717, 1.165) is 24.3 Å². The molecule has 4 N–H and O–H groups in total. The normalized spacial score (nSPS) is 11.7. The molecule has 13 heteroatoms. The van der Waals surface area contributed by atoms with Crippen molar-refractivity contribution in [2.45, 2.75) is 25.9 Å². The molecule has 0 bridgehead atoms. The number of rotatable bonds is 10. The summed E-state index contributed by atoms with van der Waals surface area (Å²) in [6, 6.07) is 12.4. The predicted molar refractivity (Wildman–Crippen MR) is 130 cm³/mol. The molecule has 0 unspecified atom stereocenters. The van der Waals surface area contributed by atoms with E-state index in [1.807, 2.05) is 0 Å². The average Bonchev–Trinajstić information content (AvgIpc) is 2.81. The molecule has 3 aromatic carbocycles. The van der Waals surface area contributed by atoms with E-state index in [-0.39, 0.29) is 42.9 Å². The highest BCUT2D eigenvalue weighted by atomic mass is 35.5. The van der Waals surface area contributed by atoms with Crippen molar-refractivity contribution in [2.24, 2.45) is 5.73 Å². The molecule has 0 aliphatic heterocycles. The van der Waals surface area contributed by atoms with E-state index in [9.17, 15) is 26.7 Å². The first-order chi connectivity index (χ1) is 17.5. The number of amides is 1. The maximum atomic E-state index is 14.9. The summed E-state index contributed by atoms with van der Waals surface area (Å²) in [7, 11) is 0. The van der Waals surface area contributed by atoms with Crippen LogP contribution in [-0.4, -0.2) is 24.7 Å². The minimum atomic E-state index is -4.93. The molecular formula is C25H23ClF5N3O4. The fraction of sp³-hybridized carbons (Fsp3) is 0.200. The maximum absolute atomic E-state index is 14.9. The van der Waals surface area contributed by atoms with Gasteiger partial charge in [-0.25, -0.2) is 8.78 Å². The van der Waals surface area contributed by atoms with Gasteiger partial charge in [-0.05, 0) is 24.6 Å². The summed E-state index contributed by atoms with van der Waals surface area (Å²) in [5.74, 6) is -4.33. The lowest BCUT2D eigenvalue weighted by Gasteiger charge is -2.19. The molecule has 0 aliphatic rings. The molecule has 0 radical (unpaired) electrons. The van der Waals surface area contributed by atoms with Crippen LogP contribution < -0.4 is 20.5 Å². The number of hydrogen-bond acceptors (Lipinski definition) is 5. The summed E-state index contributed by atoms with van der Waals surface area (Å²) >= 11 is 0. The van der Waals surface area contributed by atoms with Gasteiger partial charge in [0, 0.05) is 36.9 Å². The van der Waals surface area contributed by atoms with Crippen molar-refractivity contribution < 1.29 is 41.0 Å². The lowest BCUT2D eigenvalue weighted by atomic mass is 10.1. The topological polar surface area (TPSA) is 107 Å². The monoisotopic (exact) mass is 559 g/mol. The van der Waals surface area contributed by atoms with E-state index in [1.54, 1.807) is 31.2 Å². The number of hydrogen-bond donors (Lipinski definition) is 3. The zero-order valence-corrected chi connectivity index (χ0v) is 20.6. The molecule has 0 heterocycles. The summed E-state index contributed by atoms with van der Waals surface area (Å²) in [5, 5.41) is 9.94. The number of nitrogens with one attached hydrogen (secondary N) is 2. The number of alkyl halides is 3. The van der Waals surface area contributed by atoms with Gasteiger partial charge in [-0.15, -0.1) is 25.6 Å². The molecule has 0 aromatic heterocycles. The average molecular weight is 560 g/mol. The summed E-state index contributed by atoms with van der Waals surface area (Å²) in [6.07, 6.45) is -6.55. The van der Waals surface area contributed by atoms with Gasteiger partial charge in [0.05, 0.1) is 5.56 Å². The zero-order chi connectivity index (χ0) is 27.2. The van der Waals surface area contributed by atoms with Crippen molar-refractivity contribution in [1.29, 1.82) is 5.41 Å². The van der Waals surface area contributed by atoms with Crippen LogP contribution in [0.1, 0.15) is 29.7 Å². The summed E-state index contributed by atoms with van der Waals surface area (Å²) < 4.78 is 81.6. The largest absolute Gasteiger partial charge is 0.573 e. The van der Waals surface area contributed by atoms with Crippen LogP contribution in [0.5, 0.6) is 17.2 Å². The van der Waals surface area contributed by atoms with Gasteiger partial charge in [-0.1, -0.05) is 30.3 Å². The highest BCUT2D eigenvalue weighted by Gasteiger charge is 2.31. The van der Waals surface area contributed by atoms with E-state index >= 15 is 0 Å². The van der Waals surface area contributed by atoms with Crippen LogP contribution in [-0.2, 0) is 16.1 Å². The Bertz CT molecular complexity index is 1250. The first kappa shape index (κ1) is 30.3. The highest BCUT2D eigenvalue weighted by Crippen LogP contribution is 2.32. The number of halogens is 6. The van der Waals surface area contributed by atoms with Gasteiger partial charge in [0.15, 0.2) is 6.10 Å². The lowest BCUT2D eigenvalue weighted by Crippen LogP contribution is -2.31. The second kappa shape index (κ2) is 13.1. The van der Waals surface area contributed by atoms with E-state index < -0.39 is 41.3 Å². The maximum Gasteiger partial charge on any atom is 0.573 e. The third-order valence-corrected chi connectivity index (χ3v) is 4.89. The van der Waals surface area contributed by atoms with Gasteiger partial charge in [0.25, 0.3) is 5.91 Å². The Balaban J connectivity index is 0.00000507. The van der Waals surface area contributed by atoms with Crippen molar-refractivity contribution in [3.8, 4) is 17.2 Å². The molecule has 3 aromatic rings. The van der Waals surface area contributed by atoms with Crippen molar-refractivity contribution in [3.05, 3.63) is 89.0 Å².